The summed E-state index contributed by atoms with van der Waals surface area (Å²) in [6.45, 7) is 3.81. The van der Waals surface area contributed by atoms with Gasteiger partial charge in [-0.2, -0.15) is 0 Å². The molecular weight excluding hydrogens is 196 g/mol. The van der Waals surface area contributed by atoms with E-state index < -0.39 is 0 Å². The van der Waals surface area contributed by atoms with Crippen molar-refractivity contribution in [1.29, 1.82) is 0 Å². The lowest BCUT2D eigenvalue weighted by molar-refractivity contribution is 0.345. The van der Waals surface area contributed by atoms with Crippen molar-refractivity contribution in [3.05, 3.63) is 72.4 Å². The van der Waals surface area contributed by atoms with Crippen LogP contribution >= 0.6 is 0 Å². The molecule has 2 unspecified atom stereocenters. The molecule has 0 bridgehead atoms. The van der Waals surface area contributed by atoms with Gasteiger partial charge in [0.1, 0.15) is 11.7 Å². The Labute approximate surface area is 95.7 Å². The van der Waals surface area contributed by atoms with Crippen molar-refractivity contribution < 1.29 is 4.74 Å². The molecule has 1 aliphatic heterocycles. The summed E-state index contributed by atoms with van der Waals surface area (Å²) >= 11 is 0. The predicted octanol–water partition coefficient (Wildman–Crippen LogP) is 3.14. The molecule has 1 heterocycles. The number of benzene rings is 1. The molecule has 1 fully saturated rings. The largest absolute Gasteiger partial charge is 0.352 e. The first-order valence-electron chi connectivity index (χ1n) is 5.60. The van der Waals surface area contributed by atoms with Crippen LogP contribution in [0.1, 0.15) is 11.1 Å². The molecule has 1 aromatic carbocycles. The molecule has 0 amide bonds. The van der Waals surface area contributed by atoms with Gasteiger partial charge >= 0.3 is 0 Å². The molecule has 2 aliphatic rings. The normalized spacial score (nSPS) is 29.9. The van der Waals surface area contributed by atoms with Crippen molar-refractivity contribution in [2.75, 3.05) is 0 Å². The van der Waals surface area contributed by atoms with Crippen LogP contribution in [0.3, 0.4) is 0 Å². The van der Waals surface area contributed by atoms with Crippen molar-refractivity contribution in [3.8, 4) is 0 Å². The fourth-order valence-corrected chi connectivity index (χ4v) is 2.40. The minimum absolute atomic E-state index is 0.186. The van der Waals surface area contributed by atoms with Crippen LogP contribution in [0.15, 0.2) is 61.2 Å². The maximum Gasteiger partial charge on any atom is 0.142 e. The van der Waals surface area contributed by atoms with Gasteiger partial charge in [0.05, 0.1) is 0 Å². The van der Waals surface area contributed by atoms with Crippen molar-refractivity contribution in [2.24, 2.45) is 0 Å². The van der Waals surface area contributed by atoms with Gasteiger partial charge in [-0.05, 0) is 23.6 Å². The van der Waals surface area contributed by atoms with Crippen LogP contribution in [0.25, 0.3) is 0 Å². The summed E-state index contributed by atoms with van der Waals surface area (Å²) in [5, 5.41) is 0. The molecular formula is C15H14O. The van der Waals surface area contributed by atoms with Crippen LogP contribution in [0.2, 0.25) is 0 Å². The van der Waals surface area contributed by atoms with Crippen LogP contribution in [0, 0.1) is 0 Å². The monoisotopic (exact) mass is 210 g/mol. The second-order valence-electron chi connectivity index (χ2n) is 4.23. The summed E-state index contributed by atoms with van der Waals surface area (Å²) in [4.78, 5) is 0. The van der Waals surface area contributed by atoms with Crippen molar-refractivity contribution >= 4 is 0 Å². The second-order valence-corrected chi connectivity index (χ2v) is 4.23. The standard InChI is InChI=1S/C15H14O/c1-2-7-12-8-3-4-9-13(12)15-11-6-5-10-14(15)16-15/h2-6,8-11,14H,1,7H2. The van der Waals surface area contributed by atoms with E-state index in [9.17, 15) is 0 Å². The number of epoxide rings is 1. The van der Waals surface area contributed by atoms with Crippen LogP contribution in [-0.2, 0) is 16.8 Å². The molecule has 0 spiro atoms. The van der Waals surface area contributed by atoms with Crippen molar-refractivity contribution in [2.45, 2.75) is 18.1 Å². The van der Waals surface area contributed by atoms with Gasteiger partial charge < -0.3 is 4.74 Å². The Morgan fingerprint density at radius 2 is 2.19 bits per heavy atom. The lowest BCUT2D eigenvalue weighted by Gasteiger charge is -2.14. The molecule has 2 atom stereocenters. The summed E-state index contributed by atoms with van der Waals surface area (Å²) in [7, 11) is 0. The summed E-state index contributed by atoms with van der Waals surface area (Å²) in [5.74, 6) is 0. The molecule has 0 radical (unpaired) electrons. The van der Waals surface area contributed by atoms with Gasteiger partial charge in [-0.25, -0.2) is 0 Å². The Morgan fingerprint density at radius 3 is 3.00 bits per heavy atom. The Bertz CT molecular complexity index is 484. The molecule has 3 rings (SSSR count). The van der Waals surface area contributed by atoms with Crippen molar-refractivity contribution in [1.82, 2.24) is 0 Å². The highest BCUT2D eigenvalue weighted by Crippen LogP contribution is 2.51. The van der Waals surface area contributed by atoms with E-state index in [4.69, 9.17) is 4.74 Å². The smallest absolute Gasteiger partial charge is 0.142 e. The van der Waals surface area contributed by atoms with Crippen LogP contribution in [-0.4, -0.2) is 6.10 Å². The third kappa shape index (κ3) is 1.29. The summed E-state index contributed by atoms with van der Waals surface area (Å²) in [6, 6.07) is 8.44. The van der Waals surface area contributed by atoms with Gasteiger partial charge in [-0.1, -0.05) is 48.6 Å². The Balaban J connectivity index is 2.04. The maximum absolute atomic E-state index is 5.83. The number of allylic oxidation sites excluding steroid dienone is 3. The zero-order valence-corrected chi connectivity index (χ0v) is 9.10. The number of hydrogen-bond acceptors (Lipinski definition) is 1. The van der Waals surface area contributed by atoms with E-state index in [1.54, 1.807) is 0 Å². The van der Waals surface area contributed by atoms with Crippen LogP contribution in [0.4, 0.5) is 0 Å². The van der Waals surface area contributed by atoms with Gasteiger partial charge in [0.25, 0.3) is 0 Å². The average Bonchev–Trinajstić information content (AvgIpc) is 3.05. The zero-order valence-electron chi connectivity index (χ0n) is 9.10. The van der Waals surface area contributed by atoms with E-state index in [-0.39, 0.29) is 11.7 Å². The third-order valence-electron chi connectivity index (χ3n) is 3.23. The lowest BCUT2D eigenvalue weighted by atomic mass is 9.88. The van der Waals surface area contributed by atoms with Gasteiger partial charge in [-0.3, -0.25) is 0 Å². The van der Waals surface area contributed by atoms with Gasteiger partial charge in [0.15, 0.2) is 0 Å². The Hall–Kier alpha value is -1.60. The van der Waals surface area contributed by atoms with E-state index in [1.807, 2.05) is 12.2 Å². The molecule has 0 aromatic heterocycles. The topological polar surface area (TPSA) is 12.5 Å². The highest BCUT2D eigenvalue weighted by molar-refractivity contribution is 5.46. The second kappa shape index (κ2) is 3.46. The van der Waals surface area contributed by atoms with E-state index in [0.29, 0.717) is 0 Å². The molecule has 80 valence electrons. The quantitative estimate of drug-likeness (QED) is 0.551. The highest BCUT2D eigenvalue weighted by atomic mass is 16.6. The lowest BCUT2D eigenvalue weighted by Crippen LogP contribution is -2.12. The third-order valence-corrected chi connectivity index (χ3v) is 3.23. The summed E-state index contributed by atoms with van der Waals surface area (Å²) in [5.41, 5.74) is 2.40. The number of hydrogen-bond donors (Lipinski definition) is 0. The average molecular weight is 210 g/mol. The first-order chi connectivity index (χ1) is 7.87. The SMILES string of the molecule is C=CCc1ccccc1C12C=CC=CC1O2. The molecule has 16 heavy (non-hydrogen) atoms. The molecule has 1 aliphatic carbocycles. The Kier molecular flexibility index (Phi) is 2.08. The molecule has 1 heteroatoms. The zero-order chi connectivity index (χ0) is 11.0. The van der Waals surface area contributed by atoms with E-state index in [0.717, 1.165) is 6.42 Å². The van der Waals surface area contributed by atoms with Gasteiger partial charge in [0, 0.05) is 0 Å². The first kappa shape index (κ1) is 9.61. The van der Waals surface area contributed by atoms with E-state index in [2.05, 4.69) is 49.1 Å². The minimum Gasteiger partial charge on any atom is -0.352 e. The van der Waals surface area contributed by atoms with Gasteiger partial charge in [-0.15, -0.1) is 6.58 Å². The number of fused-ring (bicyclic) bond motifs is 1. The summed E-state index contributed by atoms with van der Waals surface area (Å²) < 4.78 is 5.83. The maximum atomic E-state index is 5.83. The molecule has 1 saturated heterocycles. The number of rotatable bonds is 3. The Morgan fingerprint density at radius 1 is 1.31 bits per heavy atom. The van der Waals surface area contributed by atoms with Crippen LogP contribution in [0.5, 0.6) is 0 Å². The predicted molar refractivity (Wildman–Crippen MR) is 65.2 cm³/mol. The first-order valence-corrected chi connectivity index (χ1v) is 5.60. The van der Waals surface area contributed by atoms with E-state index in [1.165, 1.54) is 11.1 Å². The fraction of sp³-hybridized carbons (Fsp3) is 0.200. The van der Waals surface area contributed by atoms with Crippen LogP contribution < -0.4 is 0 Å². The molecule has 0 saturated carbocycles. The highest BCUT2D eigenvalue weighted by Gasteiger charge is 2.55. The van der Waals surface area contributed by atoms with Crippen molar-refractivity contribution in [3.63, 3.8) is 0 Å². The summed E-state index contributed by atoms with van der Waals surface area (Å²) in [6.07, 6.45) is 11.4. The minimum atomic E-state index is -0.186. The molecule has 1 nitrogen and oxygen atoms in total. The van der Waals surface area contributed by atoms with E-state index >= 15 is 0 Å². The fourth-order valence-electron chi connectivity index (χ4n) is 2.40. The molecule has 1 aromatic rings. The molecule has 0 N–H and O–H groups in total. The number of ether oxygens (including phenoxy) is 1. The van der Waals surface area contributed by atoms with Gasteiger partial charge in [0.2, 0.25) is 0 Å².